The summed E-state index contributed by atoms with van der Waals surface area (Å²) in [4.78, 5) is 12.6. The van der Waals surface area contributed by atoms with Gasteiger partial charge in [0.05, 0.1) is 5.56 Å². The predicted molar refractivity (Wildman–Crippen MR) is 91.4 cm³/mol. The van der Waals surface area contributed by atoms with Gasteiger partial charge in [0.2, 0.25) is 0 Å². The Morgan fingerprint density at radius 2 is 2.17 bits per heavy atom. The molecule has 1 unspecified atom stereocenters. The summed E-state index contributed by atoms with van der Waals surface area (Å²) in [6.07, 6.45) is 2.53. The lowest BCUT2D eigenvalue weighted by molar-refractivity contribution is 0.0934. The molecule has 0 aliphatic carbocycles. The molecule has 1 amide bonds. The Bertz CT molecular complexity index is 672. The molecule has 0 saturated carbocycles. The molecule has 2 rings (SSSR count). The number of nitrogens with zero attached hydrogens (tertiary/aromatic N) is 2. The average Bonchev–Trinajstić information content (AvgIpc) is 3.03. The van der Waals surface area contributed by atoms with Gasteiger partial charge in [0.15, 0.2) is 5.82 Å². The van der Waals surface area contributed by atoms with Gasteiger partial charge in [0.25, 0.3) is 5.91 Å². The largest absolute Gasteiger partial charge is 0.396 e. The van der Waals surface area contributed by atoms with Crippen LogP contribution in [0.4, 0.5) is 0 Å². The lowest BCUT2D eigenvalue weighted by Gasteiger charge is -2.16. The molecule has 2 aromatic heterocycles. The quantitative estimate of drug-likeness (QED) is 0.810. The zero-order valence-corrected chi connectivity index (χ0v) is 14.7. The van der Waals surface area contributed by atoms with Crippen molar-refractivity contribution in [3.05, 3.63) is 34.8 Å². The van der Waals surface area contributed by atoms with Crippen LogP contribution in [0.2, 0.25) is 0 Å². The third-order valence-electron chi connectivity index (χ3n) is 3.70. The number of hydrogen-bond donors (Lipinski definition) is 2. The molecule has 0 fully saturated rings. The molecule has 1 atom stereocenters. The molecule has 7 heteroatoms. The number of aromatic nitrogens is 2. The second-order valence-corrected chi connectivity index (χ2v) is 6.46. The Kier molecular flexibility index (Phi) is 5.90. The average molecular weight is 337 g/mol. The number of aliphatic hydroxyl groups is 1. The first-order valence-electron chi connectivity index (χ1n) is 7.51. The van der Waals surface area contributed by atoms with Gasteiger partial charge in [-0.3, -0.25) is 9.36 Å². The summed E-state index contributed by atoms with van der Waals surface area (Å²) in [5.41, 5.74) is 2.36. The van der Waals surface area contributed by atoms with Crippen molar-refractivity contribution in [2.24, 2.45) is 0 Å². The number of rotatable bonds is 7. The normalized spacial score (nSPS) is 12.4. The Morgan fingerprint density at radius 1 is 1.43 bits per heavy atom. The molecule has 2 aromatic rings. The van der Waals surface area contributed by atoms with Crippen LogP contribution in [0.1, 0.15) is 33.9 Å². The van der Waals surface area contributed by atoms with Crippen LogP contribution in [0.25, 0.3) is 5.82 Å². The van der Waals surface area contributed by atoms with Crippen molar-refractivity contribution >= 4 is 17.7 Å². The molecule has 0 spiro atoms. The first-order chi connectivity index (χ1) is 11.0. The molecule has 2 heterocycles. The van der Waals surface area contributed by atoms with E-state index in [0.717, 1.165) is 22.9 Å². The lowest BCUT2D eigenvalue weighted by atomic mass is 10.2. The fourth-order valence-electron chi connectivity index (χ4n) is 2.62. The first-order valence-corrected chi connectivity index (χ1v) is 8.90. The molecule has 0 bridgehead atoms. The zero-order chi connectivity index (χ0) is 17.0. The molecule has 0 aromatic carbocycles. The summed E-state index contributed by atoms with van der Waals surface area (Å²) in [7, 11) is 0. The highest BCUT2D eigenvalue weighted by molar-refractivity contribution is 7.98. The maximum Gasteiger partial charge on any atom is 0.253 e. The summed E-state index contributed by atoms with van der Waals surface area (Å²) in [5, 5.41) is 16.1. The Labute approximate surface area is 140 Å². The Hall–Kier alpha value is -1.73. The van der Waals surface area contributed by atoms with E-state index in [9.17, 15) is 4.79 Å². The van der Waals surface area contributed by atoms with Crippen LogP contribution in [-0.2, 0) is 0 Å². The maximum absolute atomic E-state index is 12.6. The van der Waals surface area contributed by atoms with Gasteiger partial charge in [-0.15, -0.1) is 0 Å². The van der Waals surface area contributed by atoms with Crippen molar-refractivity contribution < 1.29 is 14.4 Å². The molecule has 126 valence electrons. The van der Waals surface area contributed by atoms with E-state index in [1.807, 2.05) is 43.7 Å². The van der Waals surface area contributed by atoms with Crippen LogP contribution >= 0.6 is 11.8 Å². The number of carbonyl (C=O) groups is 1. The number of hydrogen-bond acceptors (Lipinski definition) is 5. The van der Waals surface area contributed by atoms with Crippen molar-refractivity contribution in [1.82, 2.24) is 15.0 Å². The first kappa shape index (κ1) is 17.6. The number of thioether (sulfide) groups is 1. The summed E-state index contributed by atoms with van der Waals surface area (Å²) in [6, 6.07) is 3.65. The van der Waals surface area contributed by atoms with E-state index in [1.54, 1.807) is 11.8 Å². The van der Waals surface area contributed by atoms with Crippen LogP contribution in [-0.4, -0.2) is 45.4 Å². The topological polar surface area (TPSA) is 80.3 Å². The summed E-state index contributed by atoms with van der Waals surface area (Å²) >= 11 is 1.65. The van der Waals surface area contributed by atoms with Gasteiger partial charge in [0, 0.05) is 35.9 Å². The van der Waals surface area contributed by atoms with E-state index in [1.165, 1.54) is 0 Å². The lowest BCUT2D eigenvalue weighted by Crippen LogP contribution is -2.37. The fourth-order valence-corrected chi connectivity index (χ4v) is 3.27. The number of nitrogens with one attached hydrogen (secondary N) is 1. The van der Waals surface area contributed by atoms with Gasteiger partial charge in [-0.25, -0.2) is 0 Å². The summed E-state index contributed by atoms with van der Waals surface area (Å²) in [6.45, 7) is 5.71. The standard InChI is InChI=1S/C16H23N3O3S/c1-10-7-14(16(21)17-13(5-6-20)9-23-4)12(3)19(10)15-8-11(2)22-18-15/h7-8,13,20H,5-6,9H2,1-4H3,(H,17,21). The SMILES string of the molecule is CSCC(CCO)NC(=O)c1cc(C)n(-c2cc(C)on2)c1C. The molecule has 0 radical (unpaired) electrons. The summed E-state index contributed by atoms with van der Waals surface area (Å²) < 4.78 is 7.03. The smallest absolute Gasteiger partial charge is 0.253 e. The zero-order valence-electron chi connectivity index (χ0n) is 13.9. The van der Waals surface area contributed by atoms with Crippen molar-refractivity contribution in [1.29, 1.82) is 0 Å². The van der Waals surface area contributed by atoms with Gasteiger partial charge in [-0.2, -0.15) is 11.8 Å². The Morgan fingerprint density at radius 3 is 2.74 bits per heavy atom. The monoisotopic (exact) mass is 337 g/mol. The number of aryl methyl sites for hydroxylation is 2. The van der Waals surface area contributed by atoms with Crippen LogP contribution < -0.4 is 5.32 Å². The number of amides is 1. The second-order valence-electron chi connectivity index (χ2n) is 5.55. The fraction of sp³-hybridized carbons (Fsp3) is 0.500. The minimum atomic E-state index is -0.128. The molecule has 0 aliphatic rings. The maximum atomic E-state index is 12.6. The van der Waals surface area contributed by atoms with Crippen LogP contribution in [0, 0.1) is 20.8 Å². The van der Waals surface area contributed by atoms with Crippen molar-refractivity contribution in [2.75, 3.05) is 18.6 Å². The minimum Gasteiger partial charge on any atom is -0.396 e. The second kappa shape index (κ2) is 7.70. The molecule has 0 aliphatic heterocycles. The van der Waals surface area contributed by atoms with E-state index in [4.69, 9.17) is 9.63 Å². The van der Waals surface area contributed by atoms with E-state index >= 15 is 0 Å². The van der Waals surface area contributed by atoms with E-state index < -0.39 is 0 Å². The van der Waals surface area contributed by atoms with Crippen LogP contribution in [0.3, 0.4) is 0 Å². The molecular weight excluding hydrogens is 314 g/mol. The van der Waals surface area contributed by atoms with Gasteiger partial charge in [-0.05, 0) is 39.5 Å². The highest BCUT2D eigenvalue weighted by atomic mass is 32.2. The van der Waals surface area contributed by atoms with Gasteiger partial charge in [0.1, 0.15) is 5.76 Å². The van der Waals surface area contributed by atoms with E-state index in [-0.39, 0.29) is 18.6 Å². The Balaban J connectivity index is 2.25. The highest BCUT2D eigenvalue weighted by Gasteiger charge is 2.20. The number of carbonyl (C=O) groups excluding carboxylic acids is 1. The number of aliphatic hydroxyl groups excluding tert-OH is 1. The third kappa shape index (κ3) is 3.97. The van der Waals surface area contributed by atoms with Crippen molar-refractivity contribution in [3.63, 3.8) is 0 Å². The van der Waals surface area contributed by atoms with Gasteiger partial charge in [-0.1, -0.05) is 5.16 Å². The third-order valence-corrected chi connectivity index (χ3v) is 4.44. The molecule has 23 heavy (non-hydrogen) atoms. The van der Waals surface area contributed by atoms with Gasteiger partial charge < -0.3 is 14.9 Å². The van der Waals surface area contributed by atoms with Crippen molar-refractivity contribution in [3.8, 4) is 5.82 Å². The summed E-state index contributed by atoms with van der Waals surface area (Å²) in [5.74, 6) is 2.04. The van der Waals surface area contributed by atoms with Gasteiger partial charge >= 0.3 is 0 Å². The van der Waals surface area contributed by atoms with E-state index in [2.05, 4.69) is 10.5 Å². The molecular formula is C16H23N3O3S. The molecule has 6 nitrogen and oxygen atoms in total. The van der Waals surface area contributed by atoms with E-state index in [0.29, 0.717) is 17.8 Å². The molecule has 0 saturated heterocycles. The van der Waals surface area contributed by atoms with Crippen LogP contribution in [0.5, 0.6) is 0 Å². The minimum absolute atomic E-state index is 0.0418. The van der Waals surface area contributed by atoms with Crippen LogP contribution in [0.15, 0.2) is 16.7 Å². The predicted octanol–water partition coefficient (Wildman–Crippen LogP) is 2.23. The highest BCUT2D eigenvalue weighted by Crippen LogP contribution is 2.21. The molecule has 2 N–H and O–H groups in total. The van der Waals surface area contributed by atoms with Crippen molar-refractivity contribution in [2.45, 2.75) is 33.2 Å².